The molecule has 0 bridgehead atoms. The van der Waals surface area contributed by atoms with E-state index in [1.54, 1.807) is 25.1 Å². The van der Waals surface area contributed by atoms with E-state index in [1.165, 1.54) is 0 Å². The number of rotatable bonds is 4. The van der Waals surface area contributed by atoms with Crippen LogP contribution < -0.4 is 9.47 Å². The van der Waals surface area contributed by atoms with Crippen LogP contribution in [0.2, 0.25) is 0 Å². The highest BCUT2D eigenvalue weighted by Crippen LogP contribution is 2.30. The molecule has 4 heteroatoms. The first-order chi connectivity index (χ1) is 10.1. The monoisotopic (exact) mass is 284 g/mol. The fourth-order valence-corrected chi connectivity index (χ4v) is 2.27. The number of fused-ring (bicyclic) bond motifs is 1. The minimum absolute atomic E-state index is 0.0205. The van der Waals surface area contributed by atoms with Crippen molar-refractivity contribution < 1.29 is 19.4 Å². The third-order valence-corrected chi connectivity index (χ3v) is 3.53. The van der Waals surface area contributed by atoms with Gasteiger partial charge in [0.1, 0.15) is 23.7 Å². The lowest BCUT2D eigenvalue weighted by Gasteiger charge is -2.24. The molecule has 1 atom stereocenters. The highest BCUT2D eigenvalue weighted by molar-refractivity contribution is 6.02. The van der Waals surface area contributed by atoms with Gasteiger partial charge in [0.25, 0.3) is 0 Å². The molecule has 1 unspecified atom stereocenters. The van der Waals surface area contributed by atoms with Crippen molar-refractivity contribution in [3.8, 4) is 11.5 Å². The maximum Gasteiger partial charge on any atom is 0.203 e. The molecule has 2 aromatic rings. The lowest BCUT2D eigenvalue weighted by atomic mass is 9.97. The van der Waals surface area contributed by atoms with Crippen LogP contribution in [-0.2, 0) is 5.60 Å². The first-order valence-corrected chi connectivity index (χ1v) is 6.77. The molecule has 108 valence electrons. The second-order valence-electron chi connectivity index (χ2n) is 5.30. The molecule has 1 aliphatic heterocycles. The number of Topliss-reactive ketones (excluding diaryl/α,β-unsaturated/α-hetero) is 1. The minimum Gasteiger partial charge on any atom is -0.490 e. The van der Waals surface area contributed by atoms with Gasteiger partial charge in [-0.3, -0.25) is 4.79 Å². The Labute approximate surface area is 122 Å². The summed E-state index contributed by atoms with van der Waals surface area (Å²) in [6.07, 6.45) is 0. The summed E-state index contributed by atoms with van der Waals surface area (Å²) >= 11 is 0. The van der Waals surface area contributed by atoms with Gasteiger partial charge in [0.15, 0.2) is 6.61 Å². The SMILES string of the molecule is CC(O)(COc1ccc2c(c1)OCC2=O)c1ccccc1. The molecule has 0 fully saturated rings. The van der Waals surface area contributed by atoms with E-state index < -0.39 is 5.60 Å². The summed E-state index contributed by atoms with van der Waals surface area (Å²) in [5, 5.41) is 10.5. The summed E-state index contributed by atoms with van der Waals surface area (Å²) in [5.41, 5.74) is 0.284. The molecule has 1 N–H and O–H groups in total. The Morgan fingerprint density at radius 3 is 2.76 bits per heavy atom. The van der Waals surface area contributed by atoms with Crippen molar-refractivity contribution in [2.75, 3.05) is 13.2 Å². The Hall–Kier alpha value is -2.33. The van der Waals surface area contributed by atoms with Gasteiger partial charge in [-0.05, 0) is 24.6 Å². The predicted molar refractivity (Wildman–Crippen MR) is 77.8 cm³/mol. The van der Waals surface area contributed by atoms with Gasteiger partial charge >= 0.3 is 0 Å². The molecule has 0 radical (unpaired) electrons. The molecule has 0 spiro atoms. The molecule has 21 heavy (non-hydrogen) atoms. The molecule has 2 aromatic carbocycles. The third kappa shape index (κ3) is 2.76. The molecule has 0 saturated carbocycles. The molecule has 0 aromatic heterocycles. The Bertz CT molecular complexity index is 662. The van der Waals surface area contributed by atoms with Gasteiger partial charge in [0.2, 0.25) is 5.78 Å². The van der Waals surface area contributed by atoms with Crippen molar-refractivity contribution in [3.05, 3.63) is 59.7 Å². The lowest BCUT2D eigenvalue weighted by molar-refractivity contribution is 0.00754. The summed E-state index contributed by atoms with van der Waals surface area (Å²) in [7, 11) is 0. The lowest BCUT2D eigenvalue weighted by Crippen LogP contribution is -2.29. The molecular weight excluding hydrogens is 268 g/mol. The normalized spacial score (nSPS) is 16.0. The number of hydrogen-bond acceptors (Lipinski definition) is 4. The highest BCUT2D eigenvalue weighted by Gasteiger charge is 2.25. The van der Waals surface area contributed by atoms with Crippen LogP contribution >= 0.6 is 0 Å². The molecule has 4 nitrogen and oxygen atoms in total. The van der Waals surface area contributed by atoms with Gasteiger partial charge in [-0.2, -0.15) is 0 Å². The average Bonchev–Trinajstić information content (AvgIpc) is 2.87. The number of hydrogen-bond donors (Lipinski definition) is 1. The summed E-state index contributed by atoms with van der Waals surface area (Å²) < 4.78 is 10.9. The molecule has 0 amide bonds. The molecular formula is C17H16O4. The van der Waals surface area contributed by atoms with Crippen molar-refractivity contribution in [1.29, 1.82) is 0 Å². The maximum atomic E-state index is 11.5. The second kappa shape index (κ2) is 5.22. The van der Waals surface area contributed by atoms with Gasteiger partial charge in [-0.25, -0.2) is 0 Å². The number of carbonyl (C=O) groups is 1. The van der Waals surface area contributed by atoms with Gasteiger partial charge in [0, 0.05) is 6.07 Å². The third-order valence-electron chi connectivity index (χ3n) is 3.53. The first-order valence-electron chi connectivity index (χ1n) is 6.77. The summed E-state index contributed by atoms with van der Waals surface area (Å²) in [6, 6.07) is 14.4. The number of carbonyl (C=O) groups excluding carboxylic acids is 1. The fourth-order valence-electron chi connectivity index (χ4n) is 2.27. The van der Waals surface area contributed by atoms with E-state index in [4.69, 9.17) is 9.47 Å². The average molecular weight is 284 g/mol. The topological polar surface area (TPSA) is 55.8 Å². The minimum atomic E-state index is -1.09. The summed E-state index contributed by atoms with van der Waals surface area (Å²) in [5.74, 6) is 1.09. The number of ketones is 1. The Morgan fingerprint density at radius 1 is 1.24 bits per heavy atom. The molecule has 1 heterocycles. The zero-order valence-electron chi connectivity index (χ0n) is 11.7. The van der Waals surface area contributed by atoms with E-state index in [0.717, 1.165) is 5.56 Å². The largest absolute Gasteiger partial charge is 0.490 e. The van der Waals surface area contributed by atoms with Crippen LogP contribution in [0.4, 0.5) is 0 Å². The van der Waals surface area contributed by atoms with Gasteiger partial charge in [-0.15, -0.1) is 0 Å². The molecule has 0 aliphatic carbocycles. The Balaban J connectivity index is 1.72. The maximum absolute atomic E-state index is 11.5. The van der Waals surface area contributed by atoms with E-state index in [2.05, 4.69) is 0 Å². The molecule has 0 saturated heterocycles. The van der Waals surface area contributed by atoms with Crippen molar-refractivity contribution in [1.82, 2.24) is 0 Å². The van der Waals surface area contributed by atoms with E-state index in [0.29, 0.717) is 17.1 Å². The molecule has 1 aliphatic rings. The Kier molecular flexibility index (Phi) is 3.39. The smallest absolute Gasteiger partial charge is 0.203 e. The van der Waals surface area contributed by atoms with Crippen LogP contribution in [0.15, 0.2) is 48.5 Å². The number of benzene rings is 2. The fraction of sp³-hybridized carbons (Fsp3) is 0.235. The molecule has 3 rings (SSSR count). The van der Waals surface area contributed by atoms with E-state index in [9.17, 15) is 9.90 Å². The quantitative estimate of drug-likeness (QED) is 0.937. The first kappa shape index (κ1) is 13.6. The van der Waals surface area contributed by atoms with Gasteiger partial charge < -0.3 is 14.6 Å². The predicted octanol–water partition coefficient (Wildman–Crippen LogP) is 2.55. The standard InChI is InChI=1S/C17H16O4/c1-17(19,12-5-3-2-4-6-12)11-21-13-7-8-14-15(18)10-20-16(14)9-13/h2-9,19H,10-11H2,1H3. The van der Waals surface area contributed by atoms with Crippen molar-refractivity contribution in [3.63, 3.8) is 0 Å². The number of ether oxygens (including phenoxy) is 2. The number of aliphatic hydroxyl groups is 1. The van der Waals surface area contributed by atoms with E-state index in [-0.39, 0.29) is 19.0 Å². The van der Waals surface area contributed by atoms with Crippen molar-refractivity contribution in [2.45, 2.75) is 12.5 Å². The zero-order chi connectivity index (χ0) is 14.9. The van der Waals surface area contributed by atoms with E-state index in [1.807, 2.05) is 30.3 Å². The zero-order valence-corrected chi connectivity index (χ0v) is 11.7. The van der Waals surface area contributed by atoms with Crippen LogP contribution in [0.3, 0.4) is 0 Å². The summed E-state index contributed by atoms with van der Waals surface area (Å²) in [6.45, 7) is 1.90. The van der Waals surface area contributed by atoms with Crippen LogP contribution in [0.5, 0.6) is 11.5 Å². The highest BCUT2D eigenvalue weighted by atomic mass is 16.5. The Morgan fingerprint density at radius 2 is 2.00 bits per heavy atom. The van der Waals surface area contributed by atoms with Crippen LogP contribution in [-0.4, -0.2) is 24.1 Å². The van der Waals surface area contributed by atoms with Crippen LogP contribution in [0.1, 0.15) is 22.8 Å². The van der Waals surface area contributed by atoms with Crippen molar-refractivity contribution >= 4 is 5.78 Å². The summed E-state index contributed by atoms with van der Waals surface area (Å²) in [4.78, 5) is 11.5. The van der Waals surface area contributed by atoms with Crippen LogP contribution in [0.25, 0.3) is 0 Å². The van der Waals surface area contributed by atoms with Gasteiger partial charge in [0.05, 0.1) is 5.56 Å². The van der Waals surface area contributed by atoms with Gasteiger partial charge in [-0.1, -0.05) is 30.3 Å². The van der Waals surface area contributed by atoms with Crippen LogP contribution in [0, 0.1) is 0 Å². The second-order valence-corrected chi connectivity index (χ2v) is 5.30. The van der Waals surface area contributed by atoms with E-state index >= 15 is 0 Å². The van der Waals surface area contributed by atoms with Crippen molar-refractivity contribution in [2.24, 2.45) is 0 Å².